The standard InChI is InChI=1S/C14H17ClFN3O3S.ClH/c1-8(2)6-12(17)13-18-19-14(22-13)23(20,21)7-9-10(15)4-3-5-11(9)16;/h3-5,8,12H,6-7,17H2,1-2H3;1H/t12-;/m0./s1. The lowest BCUT2D eigenvalue weighted by molar-refractivity contribution is -0.435. The van der Waals surface area contributed by atoms with E-state index in [-0.39, 0.29) is 34.9 Å². The third-order valence-corrected chi connectivity index (χ3v) is 4.91. The molecule has 1 aromatic carbocycles. The number of hydrogen-bond acceptors (Lipinski definition) is 5. The lowest BCUT2D eigenvalue weighted by atomic mass is 10.1. The number of sulfone groups is 1. The Morgan fingerprint density at radius 2 is 2.00 bits per heavy atom. The molecule has 0 unspecified atom stereocenters. The second-order valence-corrected chi connectivity index (χ2v) is 7.97. The summed E-state index contributed by atoms with van der Waals surface area (Å²) in [5.74, 6) is -0.846. The Balaban J connectivity index is 0.00000288. The number of benzene rings is 1. The van der Waals surface area contributed by atoms with Crippen molar-refractivity contribution < 1.29 is 35.4 Å². The van der Waals surface area contributed by atoms with Crippen molar-refractivity contribution in [1.82, 2.24) is 10.2 Å². The first kappa shape index (κ1) is 20.8. The molecule has 0 bridgehead atoms. The van der Waals surface area contributed by atoms with E-state index in [4.69, 9.17) is 16.0 Å². The van der Waals surface area contributed by atoms with Crippen LogP contribution < -0.4 is 18.1 Å². The highest BCUT2D eigenvalue weighted by Crippen LogP contribution is 2.25. The monoisotopic (exact) mass is 397 g/mol. The molecule has 0 aliphatic heterocycles. The lowest BCUT2D eigenvalue weighted by Gasteiger charge is -2.06. The van der Waals surface area contributed by atoms with Crippen LogP contribution in [-0.2, 0) is 15.6 Å². The summed E-state index contributed by atoms with van der Waals surface area (Å²) in [6.45, 7) is 4.01. The van der Waals surface area contributed by atoms with E-state index in [2.05, 4.69) is 15.9 Å². The molecular formula is C14H18Cl2FN3O3S. The molecule has 0 amide bonds. The second-order valence-electron chi connectivity index (χ2n) is 5.69. The Kier molecular flexibility index (Phi) is 7.15. The molecule has 0 spiro atoms. The van der Waals surface area contributed by atoms with Gasteiger partial charge in [0.25, 0.3) is 5.89 Å². The van der Waals surface area contributed by atoms with Gasteiger partial charge >= 0.3 is 5.22 Å². The smallest absolute Gasteiger partial charge is 0.336 e. The van der Waals surface area contributed by atoms with Crippen molar-refractivity contribution in [3.63, 3.8) is 0 Å². The Labute approximate surface area is 150 Å². The number of rotatable bonds is 6. The van der Waals surface area contributed by atoms with Gasteiger partial charge in [-0.3, -0.25) is 0 Å². The van der Waals surface area contributed by atoms with Crippen molar-refractivity contribution in [2.75, 3.05) is 0 Å². The second kappa shape index (κ2) is 8.24. The van der Waals surface area contributed by atoms with Crippen LogP contribution in [0.25, 0.3) is 0 Å². The first-order chi connectivity index (χ1) is 10.7. The topological polar surface area (TPSA) is 101 Å². The Bertz CT molecular complexity index is 776. The molecule has 1 aromatic heterocycles. The maximum Gasteiger partial charge on any atom is 0.336 e. The highest BCUT2D eigenvalue weighted by molar-refractivity contribution is 7.90. The van der Waals surface area contributed by atoms with Crippen LogP contribution >= 0.6 is 11.6 Å². The van der Waals surface area contributed by atoms with E-state index < -0.39 is 26.6 Å². The predicted molar refractivity (Wildman–Crippen MR) is 81.7 cm³/mol. The van der Waals surface area contributed by atoms with E-state index in [0.717, 1.165) is 6.07 Å². The fourth-order valence-corrected chi connectivity index (χ4v) is 3.59. The normalized spacial score (nSPS) is 12.9. The first-order valence-corrected chi connectivity index (χ1v) is 9.06. The molecule has 24 heavy (non-hydrogen) atoms. The average molecular weight is 398 g/mol. The summed E-state index contributed by atoms with van der Waals surface area (Å²) in [6.07, 6.45) is 0.681. The van der Waals surface area contributed by atoms with Crippen molar-refractivity contribution in [2.45, 2.75) is 37.3 Å². The molecule has 134 valence electrons. The molecule has 0 aliphatic rings. The van der Waals surface area contributed by atoms with E-state index in [1.54, 1.807) is 0 Å². The van der Waals surface area contributed by atoms with Gasteiger partial charge in [-0.2, -0.15) is 0 Å². The highest BCUT2D eigenvalue weighted by atomic mass is 35.5. The summed E-state index contributed by atoms with van der Waals surface area (Å²) in [4.78, 5) is 0. The maximum absolute atomic E-state index is 13.7. The van der Waals surface area contributed by atoms with Crippen LogP contribution in [0.15, 0.2) is 27.8 Å². The van der Waals surface area contributed by atoms with Crippen LogP contribution in [0.3, 0.4) is 0 Å². The zero-order chi connectivity index (χ0) is 17.2. The lowest BCUT2D eigenvalue weighted by Crippen LogP contribution is -3.00. The van der Waals surface area contributed by atoms with Gasteiger partial charge in [-0.1, -0.05) is 36.6 Å². The first-order valence-electron chi connectivity index (χ1n) is 7.03. The van der Waals surface area contributed by atoms with Crippen molar-refractivity contribution in [3.8, 4) is 0 Å². The summed E-state index contributed by atoms with van der Waals surface area (Å²) in [6, 6.07) is 3.66. The Morgan fingerprint density at radius 3 is 2.58 bits per heavy atom. The molecule has 6 nitrogen and oxygen atoms in total. The van der Waals surface area contributed by atoms with Gasteiger partial charge in [0.05, 0.1) is 5.75 Å². The number of nitrogens with zero attached hydrogens (tertiary/aromatic N) is 2. The SMILES string of the molecule is CC(C)C[C@H]([NH3+])c1nnc(S(=O)(=O)Cc2c(F)cccc2Cl)o1.[Cl-]. The molecule has 0 aliphatic carbocycles. The summed E-state index contributed by atoms with van der Waals surface area (Å²) < 4.78 is 43.6. The average Bonchev–Trinajstić information content (AvgIpc) is 2.93. The van der Waals surface area contributed by atoms with Gasteiger partial charge in [0, 0.05) is 17.0 Å². The van der Waals surface area contributed by atoms with E-state index in [1.807, 2.05) is 13.8 Å². The largest absolute Gasteiger partial charge is 1.00 e. The third-order valence-electron chi connectivity index (χ3n) is 3.19. The van der Waals surface area contributed by atoms with Crippen LogP contribution in [0.1, 0.15) is 37.8 Å². The molecule has 10 heteroatoms. The van der Waals surface area contributed by atoms with E-state index in [9.17, 15) is 12.8 Å². The Hall–Kier alpha value is -1.22. The third kappa shape index (κ3) is 4.89. The van der Waals surface area contributed by atoms with Gasteiger partial charge in [0.15, 0.2) is 6.04 Å². The van der Waals surface area contributed by atoms with Crippen LogP contribution in [0.2, 0.25) is 5.02 Å². The van der Waals surface area contributed by atoms with E-state index >= 15 is 0 Å². The van der Waals surface area contributed by atoms with E-state index in [0.29, 0.717) is 12.3 Å². The molecule has 0 fully saturated rings. The molecule has 2 rings (SSSR count). The molecular weight excluding hydrogens is 380 g/mol. The van der Waals surface area contributed by atoms with Crippen LogP contribution in [0.4, 0.5) is 4.39 Å². The molecule has 0 saturated carbocycles. The van der Waals surface area contributed by atoms with Gasteiger partial charge in [0.1, 0.15) is 5.82 Å². The summed E-state index contributed by atoms with van der Waals surface area (Å²) in [5, 5.41) is 6.78. The molecule has 0 saturated heterocycles. The van der Waals surface area contributed by atoms with Crippen LogP contribution in [0.5, 0.6) is 0 Å². The van der Waals surface area contributed by atoms with Gasteiger partial charge in [0.2, 0.25) is 9.84 Å². The maximum atomic E-state index is 13.7. The minimum Gasteiger partial charge on any atom is -1.00 e. The summed E-state index contributed by atoms with van der Waals surface area (Å²) >= 11 is 5.85. The van der Waals surface area contributed by atoms with Crippen molar-refractivity contribution in [3.05, 3.63) is 40.5 Å². The summed E-state index contributed by atoms with van der Waals surface area (Å²) in [7, 11) is -3.99. The fraction of sp³-hybridized carbons (Fsp3) is 0.429. The molecule has 1 heterocycles. The minimum atomic E-state index is -3.99. The van der Waals surface area contributed by atoms with Crippen molar-refractivity contribution in [2.24, 2.45) is 5.92 Å². The number of aromatic nitrogens is 2. The number of hydrogen-bond donors (Lipinski definition) is 1. The highest BCUT2D eigenvalue weighted by Gasteiger charge is 2.28. The zero-order valence-electron chi connectivity index (χ0n) is 13.2. The Morgan fingerprint density at radius 1 is 1.33 bits per heavy atom. The van der Waals surface area contributed by atoms with Gasteiger partial charge in [-0.05, 0) is 18.1 Å². The van der Waals surface area contributed by atoms with Crippen LogP contribution in [-0.4, -0.2) is 18.6 Å². The summed E-state index contributed by atoms with van der Waals surface area (Å²) in [5.41, 5.74) is 3.76. The predicted octanol–water partition coefficient (Wildman–Crippen LogP) is -0.831. The molecule has 0 radical (unpaired) electrons. The molecule has 1 atom stereocenters. The molecule has 3 N–H and O–H groups in total. The van der Waals surface area contributed by atoms with Crippen LogP contribution in [0, 0.1) is 11.7 Å². The van der Waals surface area contributed by atoms with Gasteiger partial charge in [-0.15, -0.1) is 5.10 Å². The van der Waals surface area contributed by atoms with Gasteiger partial charge in [-0.25, -0.2) is 12.8 Å². The van der Waals surface area contributed by atoms with E-state index in [1.165, 1.54) is 12.1 Å². The fourth-order valence-electron chi connectivity index (χ4n) is 2.10. The van der Waals surface area contributed by atoms with Crippen molar-refractivity contribution >= 4 is 21.4 Å². The molecule has 2 aromatic rings. The zero-order valence-corrected chi connectivity index (χ0v) is 15.5. The number of quaternary nitrogens is 1. The quantitative estimate of drug-likeness (QED) is 0.685. The minimum absolute atomic E-state index is 0. The van der Waals surface area contributed by atoms with Crippen molar-refractivity contribution in [1.29, 1.82) is 0 Å². The number of halogens is 3. The van der Waals surface area contributed by atoms with Gasteiger partial charge < -0.3 is 22.6 Å².